The first-order valence-electron chi connectivity index (χ1n) is 8.49. The van der Waals surface area contributed by atoms with Gasteiger partial charge >= 0.3 is 0 Å². The Bertz CT molecular complexity index is 504. The lowest BCUT2D eigenvalue weighted by Gasteiger charge is -2.35. The van der Waals surface area contributed by atoms with E-state index in [1.807, 2.05) is 0 Å². The number of benzene rings is 1. The third-order valence-corrected chi connectivity index (χ3v) is 5.58. The zero-order chi connectivity index (χ0) is 14.2. The van der Waals surface area contributed by atoms with Crippen LogP contribution in [0.2, 0.25) is 0 Å². The van der Waals surface area contributed by atoms with Gasteiger partial charge in [0.1, 0.15) is 5.75 Å². The lowest BCUT2D eigenvalue weighted by Crippen LogP contribution is -2.47. The lowest BCUT2D eigenvalue weighted by atomic mass is 9.98. The minimum Gasteiger partial charge on any atom is -0.493 e. The van der Waals surface area contributed by atoms with Gasteiger partial charge in [0.05, 0.1) is 6.61 Å². The molecule has 0 aromatic heterocycles. The second-order valence-corrected chi connectivity index (χ2v) is 7.03. The van der Waals surface area contributed by atoms with E-state index in [9.17, 15) is 0 Å². The Morgan fingerprint density at radius 2 is 2.05 bits per heavy atom. The van der Waals surface area contributed by atoms with Crippen LogP contribution in [0.4, 0.5) is 0 Å². The fourth-order valence-electron chi connectivity index (χ4n) is 4.27. The number of likely N-dealkylation sites (N-methyl/N-ethyl adjacent to an activating group) is 1. The third kappa shape index (κ3) is 2.82. The minimum absolute atomic E-state index is 0.779. The van der Waals surface area contributed by atoms with Gasteiger partial charge < -0.3 is 15.0 Å². The van der Waals surface area contributed by atoms with Gasteiger partial charge in [-0.05, 0) is 56.3 Å². The van der Waals surface area contributed by atoms with E-state index < -0.39 is 0 Å². The molecule has 3 heterocycles. The number of hydrogen-bond acceptors (Lipinski definition) is 3. The summed E-state index contributed by atoms with van der Waals surface area (Å²) in [4.78, 5) is 2.59. The number of nitrogens with one attached hydrogen (secondary N) is 1. The Morgan fingerprint density at radius 3 is 2.86 bits per heavy atom. The van der Waals surface area contributed by atoms with E-state index in [1.165, 1.54) is 43.4 Å². The average Bonchev–Trinajstić information content (AvgIpc) is 3.10. The Labute approximate surface area is 127 Å². The van der Waals surface area contributed by atoms with Crippen molar-refractivity contribution < 1.29 is 4.74 Å². The van der Waals surface area contributed by atoms with Crippen molar-refractivity contribution in [3.05, 3.63) is 29.3 Å². The van der Waals surface area contributed by atoms with Crippen LogP contribution in [0.5, 0.6) is 5.75 Å². The molecular weight excluding hydrogens is 260 g/mol. The van der Waals surface area contributed by atoms with Gasteiger partial charge in [0.15, 0.2) is 0 Å². The maximum Gasteiger partial charge on any atom is 0.122 e. The summed E-state index contributed by atoms with van der Waals surface area (Å²) in [5.74, 6) is 1.10. The fourth-order valence-corrected chi connectivity index (χ4v) is 4.27. The Kier molecular flexibility index (Phi) is 3.64. The van der Waals surface area contributed by atoms with Crippen molar-refractivity contribution in [3.8, 4) is 5.75 Å². The van der Waals surface area contributed by atoms with Crippen molar-refractivity contribution in [2.75, 3.05) is 20.2 Å². The molecule has 0 spiro atoms. The van der Waals surface area contributed by atoms with Gasteiger partial charge in [0.2, 0.25) is 0 Å². The van der Waals surface area contributed by atoms with Gasteiger partial charge in [-0.3, -0.25) is 0 Å². The topological polar surface area (TPSA) is 24.5 Å². The van der Waals surface area contributed by atoms with Gasteiger partial charge in [-0.1, -0.05) is 12.1 Å². The third-order valence-electron chi connectivity index (χ3n) is 5.58. The predicted octanol–water partition coefficient (Wildman–Crippen LogP) is 2.38. The summed E-state index contributed by atoms with van der Waals surface area (Å²) in [7, 11) is 2.31. The number of fused-ring (bicyclic) bond motifs is 3. The molecular formula is C18H26N2O. The normalized spacial score (nSPS) is 30.5. The smallest absolute Gasteiger partial charge is 0.122 e. The highest BCUT2D eigenvalue weighted by atomic mass is 16.5. The summed E-state index contributed by atoms with van der Waals surface area (Å²) < 4.78 is 5.59. The molecule has 2 bridgehead atoms. The standard InChI is InChI=1S/C18H26N2O/c1-20(17-11-15-3-4-16(12-17)19-15)8-6-13-2-5-18-14(10-13)7-9-21-18/h2,5,10,15-17,19H,3-4,6-9,11-12H2,1H3. The minimum atomic E-state index is 0.779. The molecule has 21 heavy (non-hydrogen) atoms. The molecule has 3 nitrogen and oxygen atoms in total. The van der Waals surface area contributed by atoms with Crippen LogP contribution in [0.1, 0.15) is 36.8 Å². The van der Waals surface area contributed by atoms with Gasteiger partial charge in [-0.15, -0.1) is 0 Å². The second kappa shape index (κ2) is 5.62. The Morgan fingerprint density at radius 1 is 1.24 bits per heavy atom. The number of piperidine rings is 1. The molecule has 0 amide bonds. The number of rotatable bonds is 4. The Hall–Kier alpha value is -1.06. The van der Waals surface area contributed by atoms with E-state index in [4.69, 9.17) is 4.74 Å². The van der Waals surface area contributed by atoms with Crippen molar-refractivity contribution in [1.29, 1.82) is 0 Å². The lowest BCUT2D eigenvalue weighted by molar-refractivity contribution is 0.174. The van der Waals surface area contributed by atoms with Crippen molar-refractivity contribution in [2.45, 2.75) is 56.7 Å². The maximum absolute atomic E-state index is 5.59. The Balaban J connectivity index is 1.34. The van der Waals surface area contributed by atoms with E-state index in [0.717, 1.165) is 43.3 Å². The highest BCUT2D eigenvalue weighted by molar-refractivity contribution is 5.39. The first kappa shape index (κ1) is 13.6. The molecule has 0 aliphatic carbocycles. The van der Waals surface area contributed by atoms with Gasteiger partial charge in [0, 0.05) is 31.1 Å². The average molecular weight is 286 g/mol. The molecule has 2 fully saturated rings. The maximum atomic E-state index is 5.59. The highest BCUT2D eigenvalue weighted by Crippen LogP contribution is 2.30. The zero-order valence-corrected chi connectivity index (χ0v) is 13.0. The van der Waals surface area contributed by atoms with Crippen molar-refractivity contribution >= 4 is 0 Å². The second-order valence-electron chi connectivity index (χ2n) is 7.03. The largest absolute Gasteiger partial charge is 0.493 e. The molecule has 3 heteroatoms. The first-order chi connectivity index (χ1) is 10.3. The van der Waals surface area contributed by atoms with Crippen LogP contribution < -0.4 is 10.1 Å². The van der Waals surface area contributed by atoms with E-state index in [1.54, 1.807) is 0 Å². The van der Waals surface area contributed by atoms with E-state index >= 15 is 0 Å². The van der Waals surface area contributed by atoms with Crippen molar-refractivity contribution in [1.82, 2.24) is 10.2 Å². The van der Waals surface area contributed by atoms with Gasteiger partial charge in [-0.2, -0.15) is 0 Å². The SMILES string of the molecule is CN(CCc1ccc2c(c1)CCO2)C1CC2CCC(C1)N2. The summed E-state index contributed by atoms with van der Waals surface area (Å²) in [5.41, 5.74) is 2.86. The van der Waals surface area contributed by atoms with E-state index in [0.29, 0.717) is 0 Å². The quantitative estimate of drug-likeness (QED) is 0.920. The van der Waals surface area contributed by atoms with E-state index in [-0.39, 0.29) is 0 Å². The molecule has 1 N–H and O–H groups in total. The molecule has 2 unspecified atom stereocenters. The summed E-state index contributed by atoms with van der Waals surface area (Å²) >= 11 is 0. The highest BCUT2D eigenvalue weighted by Gasteiger charge is 2.34. The van der Waals surface area contributed by atoms with Crippen molar-refractivity contribution in [2.24, 2.45) is 0 Å². The summed E-state index contributed by atoms with van der Waals surface area (Å²) in [6.07, 6.45) is 7.69. The van der Waals surface area contributed by atoms with Crippen LogP contribution in [0.15, 0.2) is 18.2 Å². The molecule has 1 aromatic carbocycles. The van der Waals surface area contributed by atoms with Gasteiger partial charge in [-0.25, -0.2) is 0 Å². The van der Waals surface area contributed by atoms with Crippen LogP contribution >= 0.6 is 0 Å². The van der Waals surface area contributed by atoms with Crippen LogP contribution in [-0.4, -0.2) is 43.2 Å². The molecule has 0 radical (unpaired) electrons. The zero-order valence-electron chi connectivity index (χ0n) is 13.0. The fraction of sp³-hybridized carbons (Fsp3) is 0.667. The molecule has 3 aliphatic rings. The molecule has 3 aliphatic heterocycles. The van der Waals surface area contributed by atoms with Crippen LogP contribution in [-0.2, 0) is 12.8 Å². The van der Waals surface area contributed by atoms with E-state index in [2.05, 4.69) is 35.5 Å². The van der Waals surface area contributed by atoms with Crippen LogP contribution in [0.3, 0.4) is 0 Å². The molecule has 114 valence electrons. The molecule has 4 rings (SSSR count). The van der Waals surface area contributed by atoms with Crippen LogP contribution in [0, 0.1) is 0 Å². The number of hydrogen-bond donors (Lipinski definition) is 1. The molecule has 2 atom stereocenters. The predicted molar refractivity (Wildman–Crippen MR) is 84.9 cm³/mol. The summed E-state index contributed by atoms with van der Waals surface area (Å²) in [6.45, 7) is 2.03. The molecule has 0 saturated carbocycles. The molecule has 2 saturated heterocycles. The number of ether oxygens (including phenoxy) is 1. The summed E-state index contributed by atoms with van der Waals surface area (Å²) in [5, 5.41) is 3.74. The first-order valence-corrected chi connectivity index (χ1v) is 8.49. The monoisotopic (exact) mass is 286 g/mol. The van der Waals surface area contributed by atoms with Gasteiger partial charge in [0.25, 0.3) is 0 Å². The van der Waals surface area contributed by atoms with Crippen LogP contribution in [0.25, 0.3) is 0 Å². The summed E-state index contributed by atoms with van der Waals surface area (Å²) in [6, 6.07) is 9.10. The number of nitrogens with zero attached hydrogens (tertiary/aromatic N) is 1. The van der Waals surface area contributed by atoms with Crippen molar-refractivity contribution in [3.63, 3.8) is 0 Å². The molecule has 1 aromatic rings.